The highest BCUT2D eigenvalue weighted by Gasteiger charge is 1.93. The summed E-state index contributed by atoms with van der Waals surface area (Å²) in [4.78, 5) is 0. The van der Waals surface area contributed by atoms with Crippen LogP contribution in [0.2, 0.25) is 0 Å². The van der Waals surface area contributed by atoms with Gasteiger partial charge in [0.25, 0.3) is 0 Å². The fourth-order valence-corrected chi connectivity index (χ4v) is 2.76. The second kappa shape index (κ2) is 14.9. The zero-order chi connectivity index (χ0) is 17.5. The molecule has 0 aliphatic carbocycles. The Hall–Kier alpha value is -0.690. The van der Waals surface area contributed by atoms with E-state index in [1.54, 1.807) is 0 Å². The molecule has 132 valence electrons. The number of rotatable bonds is 12. The molecule has 0 aliphatic rings. The van der Waals surface area contributed by atoms with E-state index in [0.717, 1.165) is 0 Å². The van der Waals surface area contributed by atoms with Crippen molar-refractivity contribution in [3.63, 3.8) is 0 Å². The first kappa shape index (κ1) is 22.3. The van der Waals surface area contributed by atoms with Crippen LogP contribution in [0.1, 0.15) is 79.6 Å². The highest BCUT2D eigenvalue weighted by atomic mass is 32.2. The molecule has 0 unspecified atom stereocenters. The van der Waals surface area contributed by atoms with Gasteiger partial charge in [0.1, 0.15) is 0 Å². The number of hydrogen-bond donors (Lipinski definition) is 0. The number of hydrogen-bond acceptors (Lipinski definition) is 1. The molecule has 0 saturated heterocycles. The molecule has 0 amide bonds. The smallest absolute Gasteiger partial charge is 0.00356 e. The monoisotopic (exact) mass is 334 g/mol. The fourth-order valence-electron chi connectivity index (χ4n) is 2.41. The van der Waals surface area contributed by atoms with E-state index in [9.17, 15) is 0 Å². The molecule has 0 aromatic heterocycles. The van der Waals surface area contributed by atoms with Crippen LogP contribution in [0.3, 0.4) is 0 Å². The van der Waals surface area contributed by atoms with Gasteiger partial charge in [0, 0.05) is 0 Å². The molecule has 0 saturated carbocycles. The first-order valence-electron chi connectivity index (χ1n) is 9.05. The second-order valence-corrected chi connectivity index (χ2v) is 7.82. The maximum Gasteiger partial charge on any atom is -0.00356 e. The van der Waals surface area contributed by atoms with E-state index in [1.165, 1.54) is 73.0 Å². The third kappa shape index (κ3) is 16.0. The van der Waals surface area contributed by atoms with Crippen LogP contribution in [0.4, 0.5) is 0 Å². The Bertz CT molecular complexity index is 417. The molecule has 1 heteroatoms. The molecule has 0 atom stereocenters. The van der Waals surface area contributed by atoms with Crippen molar-refractivity contribution in [2.75, 3.05) is 12.0 Å². The summed E-state index contributed by atoms with van der Waals surface area (Å²) in [5.41, 5.74) is 6.03. The van der Waals surface area contributed by atoms with Gasteiger partial charge in [0.05, 0.1) is 0 Å². The van der Waals surface area contributed by atoms with Crippen molar-refractivity contribution in [3.8, 4) is 0 Å². The van der Waals surface area contributed by atoms with Gasteiger partial charge in [-0.3, -0.25) is 0 Å². The molecule has 0 spiro atoms. The van der Waals surface area contributed by atoms with Crippen LogP contribution in [0.25, 0.3) is 0 Å². The molecule has 0 aromatic carbocycles. The minimum absolute atomic E-state index is 1.18. The van der Waals surface area contributed by atoms with Crippen LogP contribution >= 0.6 is 11.8 Å². The van der Waals surface area contributed by atoms with E-state index >= 15 is 0 Å². The lowest BCUT2D eigenvalue weighted by atomic mass is 10.0. The van der Waals surface area contributed by atoms with Gasteiger partial charge in [0.2, 0.25) is 0 Å². The van der Waals surface area contributed by atoms with Crippen LogP contribution in [0.5, 0.6) is 0 Å². The van der Waals surface area contributed by atoms with E-state index in [-0.39, 0.29) is 0 Å². The molecule has 0 nitrogen and oxygen atoms in total. The normalized spacial score (nSPS) is 13.4. The highest BCUT2D eigenvalue weighted by molar-refractivity contribution is 7.98. The van der Waals surface area contributed by atoms with Crippen LogP contribution in [0, 0.1) is 0 Å². The average molecular weight is 335 g/mol. The summed E-state index contributed by atoms with van der Waals surface area (Å²) >= 11 is 1.92. The second-order valence-electron chi connectivity index (χ2n) is 6.83. The molecule has 23 heavy (non-hydrogen) atoms. The van der Waals surface area contributed by atoms with Crippen LogP contribution in [-0.2, 0) is 0 Å². The van der Waals surface area contributed by atoms with E-state index in [4.69, 9.17) is 0 Å². The molecule has 0 heterocycles. The molecule has 0 radical (unpaired) electrons. The van der Waals surface area contributed by atoms with Crippen LogP contribution in [0.15, 0.2) is 46.6 Å². The van der Waals surface area contributed by atoms with Crippen molar-refractivity contribution in [3.05, 3.63) is 46.6 Å². The Morgan fingerprint density at radius 1 is 0.609 bits per heavy atom. The first-order valence-corrected chi connectivity index (χ1v) is 10.4. The standard InChI is InChI=1S/C22H38S/c1-19(2)11-7-12-20(3)13-8-14-21(4)15-9-16-22(5)17-10-18-23-6/h11,13,15,17H,7-10,12,14,16,18H2,1-6H3/b20-13+,21-15+,22-17+. The molecule has 0 bridgehead atoms. The largest absolute Gasteiger partial charge is 0.165 e. The minimum Gasteiger partial charge on any atom is -0.165 e. The Morgan fingerprint density at radius 3 is 1.39 bits per heavy atom. The zero-order valence-electron chi connectivity index (χ0n) is 16.4. The summed E-state index contributed by atoms with van der Waals surface area (Å²) in [6, 6.07) is 0. The molecule has 0 N–H and O–H groups in total. The van der Waals surface area contributed by atoms with Crippen molar-refractivity contribution >= 4 is 11.8 Å². The quantitative estimate of drug-likeness (QED) is 0.258. The van der Waals surface area contributed by atoms with Crippen molar-refractivity contribution in [1.29, 1.82) is 0 Å². The Balaban J connectivity index is 3.93. The molecule has 0 rings (SSSR count). The van der Waals surface area contributed by atoms with E-state index in [2.05, 4.69) is 65.2 Å². The Morgan fingerprint density at radius 2 is 1.00 bits per heavy atom. The van der Waals surface area contributed by atoms with E-state index in [1.807, 2.05) is 11.8 Å². The first-order chi connectivity index (χ1) is 11.0. The maximum atomic E-state index is 2.43. The van der Waals surface area contributed by atoms with Gasteiger partial charge in [-0.1, -0.05) is 46.6 Å². The fraction of sp³-hybridized carbons (Fsp3) is 0.636. The third-order valence-electron chi connectivity index (χ3n) is 3.97. The predicted octanol–water partition coefficient (Wildman–Crippen LogP) is 7.89. The number of allylic oxidation sites excluding steroid dienone is 8. The summed E-state index contributed by atoms with van der Waals surface area (Å²) in [5, 5.41) is 0. The van der Waals surface area contributed by atoms with Gasteiger partial charge in [-0.15, -0.1) is 0 Å². The van der Waals surface area contributed by atoms with Crippen molar-refractivity contribution < 1.29 is 0 Å². The van der Waals surface area contributed by atoms with Gasteiger partial charge < -0.3 is 0 Å². The Labute approximate surface area is 150 Å². The zero-order valence-corrected chi connectivity index (χ0v) is 17.2. The maximum absolute atomic E-state index is 2.43. The van der Waals surface area contributed by atoms with Crippen molar-refractivity contribution in [1.82, 2.24) is 0 Å². The average Bonchev–Trinajstić information content (AvgIpc) is 2.47. The molecular weight excluding hydrogens is 296 g/mol. The minimum atomic E-state index is 1.18. The summed E-state index contributed by atoms with van der Waals surface area (Å²) in [7, 11) is 0. The predicted molar refractivity (Wildman–Crippen MR) is 111 cm³/mol. The highest BCUT2D eigenvalue weighted by Crippen LogP contribution is 2.14. The topological polar surface area (TPSA) is 0 Å². The van der Waals surface area contributed by atoms with Crippen molar-refractivity contribution in [2.45, 2.75) is 79.6 Å². The van der Waals surface area contributed by atoms with Gasteiger partial charge in [-0.05, 0) is 91.6 Å². The van der Waals surface area contributed by atoms with Gasteiger partial charge in [-0.2, -0.15) is 11.8 Å². The lowest BCUT2D eigenvalue weighted by Gasteiger charge is -2.02. The SMILES string of the molecule is CSCC/C=C(\C)CC/C=C(\C)CC/C=C(\C)CCC=C(C)C. The molecule has 0 aromatic rings. The lowest BCUT2D eigenvalue weighted by molar-refractivity contribution is 0.898. The summed E-state index contributed by atoms with van der Waals surface area (Å²) in [5.74, 6) is 1.24. The summed E-state index contributed by atoms with van der Waals surface area (Å²) in [6.07, 6.45) is 20.1. The molecule has 0 fully saturated rings. The molecular formula is C22H38S. The third-order valence-corrected chi connectivity index (χ3v) is 4.61. The van der Waals surface area contributed by atoms with Gasteiger partial charge in [-0.25, -0.2) is 0 Å². The Kier molecular flexibility index (Phi) is 14.4. The van der Waals surface area contributed by atoms with Gasteiger partial charge in [0.15, 0.2) is 0 Å². The summed E-state index contributed by atoms with van der Waals surface area (Å²) < 4.78 is 0. The van der Waals surface area contributed by atoms with E-state index < -0.39 is 0 Å². The number of thioether (sulfide) groups is 1. The van der Waals surface area contributed by atoms with E-state index in [0.29, 0.717) is 0 Å². The lowest BCUT2D eigenvalue weighted by Crippen LogP contribution is -1.82. The van der Waals surface area contributed by atoms with Gasteiger partial charge >= 0.3 is 0 Å². The summed E-state index contributed by atoms with van der Waals surface area (Å²) in [6.45, 7) is 11.2. The molecule has 0 aliphatic heterocycles. The van der Waals surface area contributed by atoms with Crippen LogP contribution < -0.4 is 0 Å². The van der Waals surface area contributed by atoms with Crippen LogP contribution in [-0.4, -0.2) is 12.0 Å². The van der Waals surface area contributed by atoms with Crippen molar-refractivity contribution in [2.24, 2.45) is 0 Å².